The van der Waals surface area contributed by atoms with Gasteiger partial charge in [0.25, 0.3) is 0 Å². The van der Waals surface area contributed by atoms with Crippen LogP contribution in [0.1, 0.15) is 19.4 Å². The van der Waals surface area contributed by atoms with E-state index in [4.69, 9.17) is 10.5 Å². The highest BCUT2D eigenvalue weighted by Crippen LogP contribution is 2.19. The topological polar surface area (TPSA) is 102 Å². The molecule has 1 rings (SSSR count). The molecule has 0 aromatic heterocycles. The number of sulfonamides is 1. The minimum Gasteiger partial charge on any atom is -0.508 e. The van der Waals surface area contributed by atoms with E-state index in [1.165, 1.54) is 12.1 Å². The number of phenols is 1. The quantitative estimate of drug-likeness (QED) is 0.509. The van der Waals surface area contributed by atoms with Gasteiger partial charge in [0.1, 0.15) is 5.75 Å². The molecule has 0 aliphatic heterocycles. The summed E-state index contributed by atoms with van der Waals surface area (Å²) in [4.78, 5) is 0. The molecule has 0 atom stereocenters. The fraction of sp³-hybridized carbons (Fsp3) is 0.500. The summed E-state index contributed by atoms with van der Waals surface area (Å²) in [6, 6.07) is 4.51. The third-order valence-electron chi connectivity index (χ3n) is 2.39. The SMILES string of the molecule is CC(C)OCCS(=O)(=O)NCc1cc(N)ccc1O. The zero-order valence-electron chi connectivity index (χ0n) is 11.1. The molecule has 6 nitrogen and oxygen atoms in total. The van der Waals surface area contributed by atoms with Crippen LogP contribution in [0.15, 0.2) is 18.2 Å². The highest BCUT2D eigenvalue weighted by molar-refractivity contribution is 7.89. The zero-order valence-corrected chi connectivity index (χ0v) is 11.9. The number of nitrogens with two attached hydrogens (primary N) is 1. The fourth-order valence-corrected chi connectivity index (χ4v) is 2.24. The number of phenolic OH excluding ortho intramolecular Hbond substituents is 1. The van der Waals surface area contributed by atoms with Gasteiger partial charge in [0.2, 0.25) is 10.0 Å². The van der Waals surface area contributed by atoms with Gasteiger partial charge in [-0.25, -0.2) is 13.1 Å². The van der Waals surface area contributed by atoms with Crippen molar-refractivity contribution in [2.75, 3.05) is 18.1 Å². The van der Waals surface area contributed by atoms with E-state index in [1.807, 2.05) is 13.8 Å². The van der Waals surface area contributed by atoms with Gasteiger partial charge < -0.3 is 15.6 Å². The minimum absolute atomic E-state index is 0.000878. The Kier molecular flexibility index (Phi) is 5.59. The molecule has 7 heteroatoms. The highest BCUT2D eigenvalue weighted by atomic mass is 32.2. The van der Waals surface area contributed by atoms with Gasteiger partial charge in [-0.1, -0.05) is 0 Å². The van der Waals surface area contributed by atoms with Crippen LogP contribution in [0.4, 0.5) is 5.69 Å². The predicted octanol–water partition coefficient (Wildman–Crippen LogP) is 0.819. The lowest BCUT2D eigenvalue weighted by atomic mass is 10.2. The number of anilines is 1. The molecular formula is C12H20N2O4S. The van der Waals surface area contributed by atoms with E-state index >= 15 is 0 Å². The van der Waals surface area contributed by atoms with E-state index in [0.29, 0.717) is 11.3 Å². The molecule has 0 spiro atoms. The third kappa shape index (κ3) is 5.91. The number of aromatic hydroxyl groups is 1. The largest absolute Gasteiger partial charge is 0.508 e. The summed E-state index contributed by atoms with van der Waals surface area (Å²) in [5.74, 6) is -0.107. The average Bonchev–Trinajstić information content (AvgIpc) is 2.30. The van der Waals surface area contributed by atoms with Crippen molar-refractivity contribution in [3.05, 3.63) is 23.8 Å². The van der Waals surface area contributed by atoms with Crippen LogP contribution in [0.5, 0.6) is 5.75 Å². The molecule has 0 bridgehead atoms. The number of hydrogen-bond donors (Lipinski definition) is 3. The van der Waals surface area contributed by atoms with Crippen LogP contribution >= 0.6 is 0 Å². The van der Waals surface area contributed by atoms with Crippen LogP contribution in [0, 0.1) is 0 Å². The maximum Gasteiger partial charge on any atom is 0.214 e. The molecule has 1 aromatic rings. The van der Waals surface area contributed by atoms with Crippen molar-refractivity contribution in [1.29, 1.82) is 0 Å². The van der Waals surface area contributed by atoms with Gasteiger partial charge in [0.05, 0.1) is 18.5 Å². The summed E-state index contributed by atoms with van der Waals surface area (Å²) in [7, 11) is -3.43. The molecule has 0 fully saturated rings. The lowest BCUT2D eigenvalue weighted by Crippen LogP contribution is -2.28. The maximum atomic E-state index is 11.7. The zero-order chi connectivity index (χ0) is 14.5. The molecule has 0 heterocycles. The van der Waals surface area contributed by atoms with Gasteiger partial charge in [-0.05, 0) is 32.0 Å². The Morgan fingerprint density at radius 1 is 1.42 bits per heavy atom. The third-order valence-corrected chi connectivity index (χ3v) is 3.68. The lowest BCUT2D eigenvalue weighted by molar-refractivity contribution is 0.0911. The number of ether oxygens (including phenoxy) is 1. The van der Waals surface area contributed by atoms with Crippen LogP contribution < -0.4 is 10.5 Å². The summed E-state index contributed by atoms with van der Waals surface area (Å²) in [6.07, 6.45) is -0.00633. The molecule has 0 aliphatic carbocycles. The van der Waals surface area contributed by atoms with E-state index in [-0.39, 0.29) is 30.8 Å². The van der Waals surface area contributed by atoms with Crippen molar-refractivity contribution in [2.45, 2.75) is 26.5 Å². The van der Waals surface area contributed by atoms with Crippen LogP contribution in [0.3, 0.4) is 0 Å². The lowest BCUT2D eigenvalue weighted by Gasteiger charge is -2.10. The van der Waals surface area contributed by atoms with Crippen molar-refractivity contribution in [1.82, 2.24) is 4.72 Å². The Morgan fingerprint density at radius 2 is 2.11 bits per heavy atom. The summed E-state index contributed by atoms with van der Waals surface area (Å²) in [5.41, 5.74) is 6.48. The smallest absolute Gasteiger partial charge is 0.214 e. The monoisotopic (exact) mass is 288 g/mol. The number of nitrogens with one attached hydrogen (secondary N) is 1. The van der Waals surface area contributed by atoms with Gasteiger partial charge in [0.15, 0.2) is 0 Å². The summed E-state index contributed by atoms with van der Waals surface area (Å²) < 4.78 is 30.9. The molecule has 0 saturated heterocycles. The molecule has 0 radical (unpaired) electrons. The maximum absolute atomic E-state index is 11.7. The molecule has 108 valence electrons. The van der Waals surface area contributed by atoms with Crippen LogP contribution in [-0.2, 0) is 21.3 Å². The first kappa shape index (κ1) is 15.7. The molecule has 1 aromatic carbocycles. The Bertz CT molecular complexity index is 514. The van der Waals surface area contributed by atoms with Gasteiger partial charge >= 0.3 is 0 Å². The second-order valence-corrected chi connectivity index (χ2v) is 6.37. The minimum atomic E-state index is -3.43. The second-order valence-electron chi connectivity index (χ2n) is 4.45. The van der Waals surface area contributed by atoms with Crippen LogP contribution in [-0.4, -0.2) is 32.0 Å². The van der Waals surface area contributed by atoms with Gasteiger partial charge in [0, 0.05) is 17.8 Å². The standard InChI is InChI=1S/C12H20N2O4S/c1-9(2)18-5-6-19(16,17)14-8-10-7-11(13)3-4-12(10)15/h3-4,7,9,14-15H,5-6,8,13H2,1-2H3. The van der Waals surface area contributed by atoms with Crippen molar-refractivity contribution in [2.24, 2.45) is 0 Å². The van der Waals surface area contributed by atoms with E-state index in [0.717, 1.165) is 0 Å². The molecule has 4 N–H and O–H groups in total. The molecule has 0 saturated carbocycles. The average molecular weight is 288 g/mol. The highest BCUT2D eigenvalue weighted by Gasteiger charge is 2.12. The van der Waals surface area contributed by atoms with Crippen molar-refractivity contribution < 1.29 is 18.3 Å². The van der Waals surface area contributed by atoms with E-state index in [2.05, 4.69) is 4.72 Å². The summed E-state index contributed by atoms with van der Waals surface area (Å²) in [6.45, 7) is 3.81. The predicted molar refractivity (Wildman–Crippen MR) is 74.2 cm³/mol. The Hall–Kier alpha value is -1.31. The Morgan fingerprint density at radius 3 is 2.74 bits per heavy atom. The Balaban J connectivity index is 2.53. The number of rotatable bonds is 7. The van der Waals surface area contributed by atoms with Crippen molar-refractivity contribution in [3.63, 3.8) is 0 Å². The number of nitrogen functional groups attached to an aromatic ring is 1. The van der Waals surface area contributed by atoms with E-state index in [9.17, 15) is 13.5 Å². The fourth-order valence-electron chi connectivity index (χ4n) is 1.40. The van der Waals surface area contributed by atoms with E-state index in [1.54, 1.807) is 6.07 Å². The van der Waals surface area contributed by atoms with Gasteiger partial charge in [-0.3, -0.25) is 0 Å². The van der Waals surface area contributed by atoms with Gasteiger partial charge in [-0.2, -0.15) is 0 Å². The summed E-state index contributed by atoms with van der Waals surface area (Å²) >= 11 is 0. The number of hydrogen-bond acceptors (Lipinski definition) is 5. The first-order chi connectivity index (χ1) is 8.80. The molecule has 0 amide bonds. The van der Waals surface area contributed by atoms with Crippen molar-refractivity contribution >= 4 is 15.7 Å². The molecule has 0 aliphatic rings. The Labute approximate surface area is 113 Å². The van der Waals surface area contributed by atoms with Gasteiger partial charge in [-0.15, -0.1) is 0 Å². The molecule has 19 heavy (non-hydrogen) atoms. The second kappa shape index (κ2) is 6.74. The first-order valence-electron chi connectivity index (χ1n) is 5.96. The van der Waals surface area contributed by atoms with Crippen LogP contribution in [0.2, 0.25) is 0 Å². The number of benzene rings is 1. The normalized spacial score (nSPS) is 11.9. The van der Waals surface area contributed by atoms with E-state index < -0.39 is 10.0 Å². The first-order valence-corrected chi connectivity index (χ1v) is 7.61. The van der Waals surface area contributed by atoms with Crippen molar-refractivity contribution in [3.8, 4) is 5.75 Å². The summed E-state index contributed by atoms with van der Waals surface area (Å²) in [5, 5.41) is 9.57. The van der Waals surface area contributed by atoms with Crippen LogP contribution in [0.25, 0.3) is 0 Å². The molecular weight excluding hydrogens is 268 g/mol. The molecule has 0 unspecified atom stereocenters.